The van der Waals surface area contributed by atoms with Crippen molar-refractivity contribution >= 4 is 5.69 Å². The van der Waals surface area contributed by atoms with Crippen LogP contribution in [0.4, 0.5) is 5.69 Å². The summed E-state index contributed by atoms with van der Waals surface area (Å²) >= 11 is 0. The van der Waals surface area contributed by atoms with E-state index in [0.717, 1.165) is 41.3 Å². The number of aromatic amines is 1. The Hall–Kier alpha value is -1.84. The highest BCUT2D eigenvalue weighted by Gasteiger charge is 2.06. The van der Waals surface area contributed by atoms with Crippen molar-refractivity contribution in [2.45, 2.75) is 26.7 Å². The Morgan fingerprint density at radius 1 is 1.38 bits per heavy atom. The van der Waals surface area contributed by atoms with Crippen molar-refractivity contribution in [3.05, 3.63) is 29.6 Å². The molecule has 0 aliphatic heterocycles. The number of nitrogens with two attached hydrogens (primary N) is 1. The van der Waals surface area contributed by atoms with Crippen LogP contribution >= 0.6 is 0 Å². The molecule has 3 N–H and O–H groups in total. The molecule has 0 amide bonds. The first kappa shape index (κ1) is 10.7. The Morgan fingerprint density at radius 2 is 2.19 bits per heavy atom. The first-order chi connectivity index (χ1) is 7.70. The second-order valence-corrected chi connectivity index (χ2v) is 3.93. The summed E-state index contributed by atoms with van der Waals surface area (Å²) in [5.74, 6) is 1.65. The fourth-order valence-electron chi connectivity index (χ4n) is 1.55. The monoisotopic (exact) mass is 216 g/mol. The highest BCUT2D eigenvalue weighted by molar-refractivity contribution is 5.63. The number of aromatic nitrogens is 3. The molecule has 0 fully saturated rings. The molecule has 1 heterocycles. The predicted octanol–water partition coefficient (Wildman–Crippen LogP) is 2.31. The first-order valence-electron chi connectivity index (χ1n) is 5.48. The maximum Gasteiger partial charge on any atom is 0.181 e. The maximum absolute atomic E-state index is 5.86. The van der Waals surface area contributed by atoms with Crippen LogP contribution in [-0.2, 0) is 6.42 Å². The van der Waals surface area contributed by atoms with Crippen molar-refractivity contribution in [2.24, 2.45) is 0 Å². The van der Waals surface area contributed by atoms with E-state index in [4.69, 9.17) is 5.73 Å². The predicted molar refractivity (Wildman–Crippen MR) is 65.0 cm³/mol. The van der Waals surface area contributed by atoms with Gasteiger partial charge in [-0.15, -0.1) is 0 Å². The third kappa shape index (κ3) is 2.05. The van der Waals surface area contributed by atoms with Crippen LogP contribution in [0.15, 0.2) is 18.2 Å². The van der Waals surface area contributed by atoms with Crippen LogP contribution in [0.2, 0.25) is 0 Å². The summed E-state index contributed by atoms with van der Waals surface area (Å²) < 4.78 is 0. The lowest BCUT2D eigenvalue weighted by atomic mass is 10.1. The Labute approximate surface area is 94.9 Å². The minimum Gasteiger partial charge on any atom is -0.398 e. The van der Waals surface area contributed by atoms with E-state index in [9.17, 15) is 0 Å². The average molecular weight is 216 g/mol. The van der Waals surface area contributed by atoms with Gasteiger partial charge in [-0.1, -0.05) is 19.1 Å². The zero-order valence-electron chi connectivity index (χ0n) is 9.62. The normalized spacial score (nSPS) is 10.6. The summed E-state index contributed by atoms with van der Waals surface area (Å²) in [4.78, 5) is 4.42. The van der Waals surface area contributed by atoms with Crippen LogP contribution in [0.1, 0.15) is 24.7 Å². The fourth-order valence-corrected chi connectivity index (χ4v) is 1.55. The molecule has 0 saturated carbocycles. The van der Waals surface area contributed by atoms with Gasteiger partial charge in [0.05, 0.1) is 0 Å². The minimum atomic E-state index is 0.718. The van der Waals surface area contributed by atoms with E-state index in [1.54, 1.807) is 0 Å². The fraction of sp³-hybridized carbons (Fsp3) is 0.333. The Morgan fingerprint density at radius 3 is 2.88 bits per heavy atom. The van der Waals surface area contributed by atoms with E-state index in [-0.39, 0.29) is 0 Å². The summed E-state index contributed by atoms with van der Waals surface area (Å²) in [6, 6.07) is 5.89. The maximum atomic E-state index is 5.86. The lowest BCUT2D eigenvalue weighted by molar-refractivity contribution is 0.841. The van der Waals surface area contributed by atoms with Gasteiger partial charge in [-0.05, 0) is 25.0 Å². The quantitative estimate of drug-likeness (QED) is 0.774. The minimum absolute atomic E-state index is 0.718. The second kappa shape index (κ2) is 4.35. The van der Waals surface area contributed by atoms with Crippen molar-refractivity contribution in [1.29, 1.82) is 0 Å². The summed E-state index contributed by atoms with van der Waals surface area (Å²) in [7, 11) is 0. The van der Waals surface area contributed by atoms with Crippen LogP contribution in [0.3, 0.4) is 0 Å². The molecule has 0 aliphatic rings. The van der Waals surface area contributed by atoms with Crippen molar-refractivity contribution in [2.75, 3.05) is 5.73 Å². The number of nitrogens with zero attached hydrogens (tertiary/aromatic N) is 2. The van der Waals surface area contributed by atoms with E-state index in [0.29, 0.717) is 0 Å². The smallest absolute Gasteiger partial charge is 0.181 e. The van der Waals surface area contributed by atoms with Crippen molar-refractivity contribution < 1.29 is 0 Å². The number of aryl methyl sites for hydroxylation is 2. The van der Waals surface area contributed by atoms with E-state index < -0.39 is 0 Å². The number of H-pyrrole nitrogens is 1. The number of rotatable bonds is 3. The third-order valence-corrected chi connectivity index (χ3v) is 2.56. The van der Waals surface area contributed by atoms with E-state index in [1.165, 1.54) is 0 Å². The van der Waals surface area contributed by atoms with Crippen molar-refractivity contribution in [3.8, 4) is 11.4 Å². The summed E-state index contributed by atoms with van der Waals surface area (Å²) in [5.41, 5.74) is 8.67. The molecule has 0 radical (unpaired) electrons. The van der Waals surface area contributed by atoms with Crippen LogP contribution in [0, 0.1) is 6.92 Å². The number of benzene rings is 1. The van der Waals surface area contributed by atoms with Gasteiger partial charge >= 0.3 is 0 Å². The number of nitrogen functional groups attached to an aromatic ring is 1. The van der Waals surface area contributed by atoms with E-state index in [1.807, 2.05) is 25.1 Å². The largest absolute Gasteiger partial charge is 0.398 e. The number of anilines is 1. The molecule has 16 heavy (non-hydrogen) atoms. The molecule has 84 valence electrons. The summed E-state index contributed by atoms with van der Waals surface area (Å²) in [6.07, 6.45) is 1.99. The zero-order chi connectivity index (χ0) is 11.5. The molecular weight excluding hydrogens is 200 g/mol. The topological polar surface area (TPSA) is 67.6 Å². The lowest BCUT2D eigenvalue weighted by Gasteiger charge is -2.01. The molecule has 0 aliphatic carbocycles. The summed E-state index contributed by atoms with van der Waals surface area (Å²) in [5, 5.41) is 7.12. The van der Waals surface area contributed by atoms with Gasteiger partial charge in [0.15, 0.2) is 5.82 Å². The van der Waals surface area contributed by atoms with Gasteiger partial charge in [-0.2, -0.15) is 5.10 Å². The van der Waals surface area contributed by atoms with Crippen LogP contribution in [-0.4, -0.2) is 15.2 Å². The van der Waals surface area contributed by atoms with E-state index in [2.05, 4.69) is 22.1 Å². The number of hydrogen-bond donors (Lipinski definition) is 2. The second-order valence-electron chi connectivity index (χ2n) is 3.93. The number of hydrogen-bond acceptors (Lipinski definition) is 3. The molecule has 2 rings (SSSR count). The van der Waals surface area contributed by atoms with Crippen LogP contribution in [0.5, 0.6) is 0 Å². The Bertz CT molecular complexity index is 488. The Kier molecular flexibility index (Phi) is 2.90. The van der Waals surface area contributed by atoms with Gasteiger partial charge in [0.2, 0.25) is 0 Å². The molecule has 4 nitrogen and oxygen atoms in total. The van der Waals surface area contributed by atoms with Gasteiger partial charge in [-0.3, -0.25) is 5.10 Å². The molecule has 2 aromatic rings. The van der Waals surface area contributed by atoms with Crippen LogP contribution < -0.4 is 5.73 Å². The van der Waals surface area contributed by atoms with Gasteiger partial charge in [0.25, 0.3) is 0 Å². The summed E-state index contributed by atoms with van der Waals surface area (Å²) in [6.45, 7) is 4.10. The Balaban J connectivity index is 2.31. The van der Waals surface area contributed by atoms with Crippen molar-refractivity contribution in [1.82, 2.24) is 15.2 Å². The molecule has 0 unspecified atom stereocenters. The molecule has 0 bridgehead atoms. The highest BCUT2D eigenvalue weighted by atomic mass is 15.2. The lowest BCUT2D eigenvalue weighted by Crippen LogP contribution is -1.91. The van der Waals surface area contributed by atoms with Crippen LogP contribution in [0.25, 0.3) is 11.4 Å². The van der Waals surface area contributed by atoms with E-state index >= 15 is 0 Å². The molecule has 1 aromatic carbocycles. The third-order valence-electron chi connectivity index (χ3n) is 2.56. The molecule has 1 aromatic heterocycles. The standard InChI is InChI=1S/C12H16N4/c1-3-4-11-14-12(16-15-11)9-6-5-8(2)10(13)7-9/h5-7H,3-4,13H2,1-2H3,(H,14,15,16). The van der Waals surface area contributed by atoms with Crippen molar-refractivity contribution in [3.63, 3.8) is 0 Å². The average Bonchev–Trinajstić information content (AvgIpc) is 2.71. The highest BCUT2D eigenvalue weighted by Crippen LogP contribution is 2.20. The van der Waals surface area contributed by atoms with Gasteiger partial charge in [0.1, 0.15) is 5.82 Å². The van der Waals surface area contributed by atoms with Gasteiger partial charge < -0.3 is 5.73 Å². The van der Waals surface area contributed by atoms with Gasteiger partial charge in [-0.25, -0.2) is 4.98 Å². The SMILES string of the molecule is CCCc1nc(-c2ccc(C)c(N)c2)n[nH]1. The zero-order valence-corrected chi connectivity index (χ0v) is 9.62. The molecular formula is C12H16N4. The molecule has 0 spiro atoms. The molecule has 0 atom stereocenters. The first-order valence-corrected chi connectivity index (χ1v) is 5.48. The number of nitrogens with one attached hydrogen (secondary N) is 1. The molecule has 0 saturated heterocycles. The van der Waals surface area contributed by atoms with Gasteiger partial charge in [0, 0.05) is 17.7 Å². The molecule has 4 heteroatoms.